The van der Waals surface area contributed by atoms with Crippen LogP contribution in [0.5, 0.6) is 0 Å². The third kappa shape index (κ3) is 4.80. The van der Waals surface area contributed by atoms with E-state index in [4.69, 9.17) is 0 Å². The van der Waals surface area contributed by atoms with Crippen molar-refractivity contribution in [2.45, 2.75) is 13.5 Å². The number of rotatable bonds is 5. The Bertz CT molecular complexity index is 1230. The van der Waals surface area contributed by atoms with Gasteiger partial charge in [-0.05, 0) is 55.0 Å². The van der Waals surface area contributed by atoms with Crippen LogP contribution in [0.2, 0.25) is 0 Å². The molecular formula is C23H19BrFN5O. The van der Waals surface area contributed by atoms with E-state index in [0.717, 1.165) is 28.9 Å². The molecule has 0 unspecified atom stereocenters. The zero-order chi connectivity index (χ0) is 21.8. The average molecular weight is 480 g/mol. The minimum absolute atomic E-state index is 0.0982. The predicted octanol–water partition coefficient (Wildman–Crippen LogP) is 6.18. The van der Waals surface area contributed by atoms with Crippen LogP contribution in [0.1, 0.15) is 6.92 Å². The molecule has 2 aromatic heterocycles. The summed E-state index contributed by atoms with van der Waals surface area (Å²) in [5, 5.41) is 9.97. The number of carbonyl (C=O) groups excluding carboxylic acids is 1. The summed E-state index contributed by atoms with van der Waals surface area (Å²) in [6.07, 6.45) is 5.44. The number of hydrogen-bond donors (Lipinski definition) is 2. The molecule has 0 saturated carbocycles. The van der Waals surface area contributed by atoms with E-state index in [2.05, 4.69) is 36.6 Å². The van der Waals surface area contributed by atoms with Crippen molar-refractivity contribution in [2.24, 2.45) is 0 Å². The van der Waals surface area contributed by atoms with Crippen molar-refractivity contribution in [1.82, 2.24) is 14.8 Å². The van der Waals surface area contributed by atoms with Gasteiger partial charge in [-0.3, -0.25) is 9.67 Å². The van der Waals surface area contributed by atoms with Crippen LogP contribution in [0.25, 0.3) is 22.4 Å². The first kappa shape index (κ1) is 20.7. The van der Waals surface area contributed by atoms with E-state index in [9.17, 15) is 9.18 Å². The molecule has 2 aromatic carbocycles. The van der Waals surface area contributed by atoms with E-state index >= 15 is 0 Å². The van der Waals surface area contributed by atoms with Gasteiger partial charge in [-0.2, -0.15) is 5.10 Å². The summed E-state index contributed by atoms with van der Waals surface area (Å²) in [4.78, 5) is 16.5. The second kappa shape index (κ2) is 9.09. The smallest absolute Gasteiger partial charge is 0.308 e. The van der Waals surface area contributed by atoms with Gasteiger partial charge in [0.15, 0.2) is 0 Å². The van der Waals surface area contributed by atoms with Gasteiger partial charge in [-0.25, -0.2) is 9.18 Å². The first-order chi connectivity index (χ1) is 15.0. The molecule has 2 N–H and O–H groups in total. The van der Waals surface area contributed by atoms with Crippen LogP contribution in [0.4, 0.5) is 20.6 Å². The summed E-state index contributed by atoms with van der Waals surface area (Å²) in [6.45, 7) is 2.76. The first-order valence-corrected chi connectivity index (χ1v) is 10.4. The number of amides is 2. The van der Waals surface area contributed by atoms with Crippen molar-refractivity contribution in [1.29, 1.82) is 0 Å². The molecule has 0 aliphatic carbocycles. The van der Waals surface area contributed by atoms with Gasteiger partial charge in [0.2, 0.25) is 0 Å². The third-order valence-electron chi connectivity index (χ3n) is 4.65. The van der Waals surface area contributed by atoms with Gasteiger partial charge in [0.1, 0.15) is 11.5 Å². The van der Waals surface area contributed by atoms with Crippen LogP contribution in [0.15, 0.2) is 77.7 Å². The molecule has 0 radical (unpaired) electrons. The standard InChI is InChI=1S/C23H19BrFN5O/c1-2-30-14-19(22(29-30)15-8-10-26-11-9-15)16-4-3-5-18(12-16)27-23(31)28-21-7-6-17(24)13-20(21)25/h3-14H,2H2,1H3,(H2,27,28,31). The molecule has 2 amide bonds. The highest BCUT2D eigenvalue weighted by Gasteiger charge is 2.14. The predicted molar refractivity (Wildman–Crippen MR) is 123 cm³/mol. The zero-order valence-electron chi connectivity index (χ0n) is 16.6. The number of benzene rings is 2. The molecule has 0 saturated heterocycles. The molecule has 0 aliphatic rings. The summed E-state index contributed by atoms with van der Waals surface area (Å²) in [6, 6.07) is 15.2. The molecule has 8 heteroatoms. The fourth-order valence-corrected chi connectivity index (χ4v) is 3.49. The number of anilines is 2. The van der Waals surface area contributed by atoms with Crippen LogP contribution in [-0.2, 0) is 6.54 Å². The number of pyridine rings is 1. The van der Waals surface area contributed by atoms with Crippen molar-refractivity contribution >= 4 is 33.3 Å². The Balaban J connectivity index is 1.59. The maximum absolute atomic E-state index is 14.0. The van der Waals surface area contributed by atoms with E-state index in [1.165, 1.54) is 12.1 Å². The number of halogens is 2. The number of hydrogen-bond acceptors (Lipinski definition) is 3. The SMILES string of the molecule is CCn1cc(-c2cccc(NC(=O)Nc3ccc(Br)cc3F)c2)c(-c2ccncc2)n1. The number of nitrogens with zero attached hydrogens (tertiary/aromatic N) is 3. The summed E-state index contributed by atoms with van der Waals surface area (Å²) < 4.78 is 16.5. The summed E-state index contributed by atoms with van der Waals surface area (Å²) >= 11 is 3.20. The van der Waals surface area contributed by atoms with Crippen LogP contribution < -0.4 is 10.6 Å². The molecule has 0 spiro atoms. The second-order valence-corrected chi connectivity index (χ2v) is 7.68. The van der Waals surface area contributed by atoms with Gasteiger partial charge >= 0.3 is 6.03 Å². The summed E-state index contributed by atoms with van der Waals surface area (Å²) in [5.41, 5.74) is 4.32. The minimum Gasteiger partial charge on any atom is -0.308 e. The van der Waals surface area contributed by atoms with Gasteiger partial charge in [-0.15, -0.1) is 0 Å². The van der Waals surface area contributed by atoms with Crippen molar-refractivity contribution < 1.29 is 9.18 Å². The van der Waals surface area contributed by atoms with Gasteiger partial charge < -0.3 is 10.6 Å². The lowest BCUT2D eigenvalue weighted by Crippen LogP contribution is -2.20. The monoisotopic (exact) mass is 479 g/mol. The highest BCUT2D eigenvalue weighted by Crippen LogP contribution is 2.32. The number of aromatic nitrogens is 3. The Morgan fingerprint density at radius 2 is 1.87 bits per heavy atom. The second-order valence-electron chi connectivity index (χ2n) is 6.77. The molecule has 4 rings (SSSR count). The lowest BCUT2D eigenvalue weighted by atomic mass is 10.0. The maximum atomic E-state index is 14.0. The Labute approximate surface area is 187 Å². The molecule has 156 valence electrons. The van der Waals surface area contributed by atoms with Crippen molar-refractivity contribution in [3.05, 3.63) is 83.5 Å². The Hall–Kier alpha value is -3.52. The van der Waals surface area contributed by atoms with Crippen LogP contribution in [-0.4, -0.2) is 20.8 Å². The fraction of sp³-hybridized carbons (Fsp3) is 0.0870. The zero-order valence-corrected chi connectivity index (χ0v) is 18.2. The van der Waals surface area contributed by atoms with Crippen LogP contribution in [0.3, 0.4) is 0 Å². The molecule has 0 bridgehead atoms. The Morgan fingerprint density at radius 3 is 2.61 bits per heavy atom. The topological polar surface area (TPSA) is 71.8 Å². The average Bonchev–Trinajstić information content (AvgIpc) is 3.21. The number of urea groups is 1. The highest BCUT2D eigenvalue weighted by molar-refractivity contribution is 9.10. The number of carbonyl (C=O) groups is 1. The minimum atomic E-state index is -0.531. The van der Waals surface area contributed by atoms with E-state index in [1.54, 1.807) is 24.5 Å². The van der Waals surface area contributed by atoms with Crippen molar-refractivity contribution in [2.75, 3.05) is 10.6 Å². The first-order valence-electron chi connectivity index (χ1n) is 9.65. The third-order valence-corrected chi connectivity index (χ3v) is 5.14. The van der Waals surface area contributed by atoms with Crippen molar-refractivity contribution in [3.8, 4) is 22.4 Å². The molecule has 0 fully saturated rings. The Kier molecular flexibility index (Phi) is 6.08. The Morgan fingerprint density at radius 1 is 1.06 bits per heavy atom. The molecule has 0 aliphatic heterocycles. The lowest BCUT2D eigenvalue weighted by Gasteiger charge is -2.10. The van der Waals surface area contributed by atoms with E-state index in [-0.39, 0.29) is 5.69 Å². The number of aryl methyl sites for hydroxylation is 1. The molecule has 2 heterocycles. The van der Waals surface area contributed by atoms with Crippen LogP contribution >= 0.6 is 15.9 Å². The largest absolute Gasteiger partial charge is 0.323 e. The normalized spacial score (nSPS) is 10.7. The fourth-order valence-electron chi connectivity index (χ4n) is 3.16. The maximum Gasteiger partial charge on any atom is 0.323 e. The molecule has 6 nitrogen and oxygen atoms in total. The molecule has 0 atom stereocenters. The lowest BCUT2D eigenvalue weighted by molar-refractivity contribution is 0.262. The van der Waals surface area contributed by atoms with Crippen molar-refractivity contribution in [3.63, 3.8) is 0 Å². The molecular weight excluding hydrogens is 461 g/mol. The molecule has 4 aromatic rings. The summed E-state index contributed by atoms with van der Waals surface area (Å²) in [5.74, 6) is -0.521. The highest BCUT2D eigenvalue weighted by atomic mass is 79.9. The van der Waals surface area contributed by atoms with E-state index in [0.29, 0.717) is 10.2 Å². The summed E-state index contributed by atoms with van der Waals surface area (Å²) in [7, 11) is 0. The van der Waals surface area contributed by atoms with Gasteiger partial charge in [0, 0.05) is 46.4 Å². The van der Waals surface area contributed by atoms with Crippen LogP contribution in [0, 0.1) is 5.82 Å². The quantitative estimate of drug-likeness (QED) is 0.359. The van der Waals surface area contributed by atoms with Gasteiger partial charge in [0.05, 0.1) is 5.69 Å². The van der Waals surface area contributed by atoms with Gasteiger partial charge in [-0.1, -0.05) is 28.1 Å². The van der Waals surface area contributed by atoms with E-state index < -0.39 is 11.8 Å². The molecule has 31 heavy (non-hydrogen) atoms. The van der Waals surface area contributed by atoms with Gasteiger partial charge in [0.25, 0.3) is 0 Å². The van der Waals surface area contributed by atoms with E-state index in [1.807, 2.05) is 48.1 Å². The number of nitrogens with one attached hydrogen (secondary N) is 2.